The predicted octanol–water partition coefficient (Wildman–Crippen LogP) is 4.93. The van der Waals surface area contributed by atoms with Crippen LogP contribution in [0.3, 0.4) is 0 Å². The molecule has 0 saturated carbocycles. The van der Waals surface area contributed by atoms with Gasteiger partial charge in [-0.1, -0.05) is 23.7 Å². The lowest BCUT2D eigenvalue weighted by atomic mass is 10.1. The van der Waals surface area contributed by atoms with Crippen molar-refractivity contribution in [1.82, 2.24) is 0 Å². The van der Waals surface area contributed by atoms with Crippen LogP contribution >= 0.6 is 11.6 Å². The maximum absolute atomic E-state index is 13.6. The predicted molar refractivity (Wildman–Crippen MR) is 69.8 cm³/mol. The minimum absolute atomic E-state index is 0.134. The number of halogens is 4. The molecule has 0 radical (unpaired) electrons. The summed E-state index contributed by atoms with van der Waals surface area (Å²) in [6.07, 6.45) is 0. The van der Waals surface area contributed by atoms with E-state index in [0.717, 1.165) is 12.1 Å². The van der Waals surface area contributed by atoms with Crippen molar-refractivity contribution in [3.8, 4) is 0 Å². The van der Waals surface area contributed by atoms with Crippen molar-refractivity contribution in [2.45, 2.75) is 13.0 Å². The van der Waals surface area contributed by atoms with Crippen LogP contribution in [0.25, 0.3) is 0 Å². The van der Waals surface area contributed by atoms with Crippen LogP contribution in [0.15, 0.2) is 36.4 Å². The Labute approximate surface area is 114 Å². The lowest BCUT2D eigenvalue weighted by Gasteiger charge is -2.17. The molecule has 0 amide bonds. The van der Waals surface area contributed by atoms with Gasteiger partial charge in [0.2, 0.25) is 0 Å². The Kier molecular flexibility index (Phi) is 4.00. The Balaban J connectivity index is 2.25. The van der Waals surface area contributed by atoms with Gasteiger partial charge in [-0.25, -0.2) is 13.2 Å². The lowest BCUT2D eigenvalue weighted by Crippen LogP contribution is -2.10. The molecule has 100 valence electrons. The average molecular weight is 286 g/mol. The van der Waals surface area contributed by atoms with Crippen molar-refractivity contribution in [3.05, 3.63) is 64.4 Å². The van der Waals surface area contributed by atoms with Crippen LogP contribution in [0.4, 0.5) is 18.9 Å². The molecule has 0 aliphatic heterocycles. The first-order chi connectivity index (χ1) is 8.99. The van der Waals surface area contributed by atoms with Gasteiger partial charge < -0.3 is 5.32 Å². The van der Waals surface area contributed by atoms with Gasteiger partial charge in [-0.15, -0.1) is 0 Å². The highest BCUT2D eigenvalue weighted by Crippen LogP contribution is 2.26. The molecule has 19 heavy (non-hydrogen) atoms. The average Bonchev–Trinajstić information content (AvgIpc) is 2.36. The van der Waals surface area contributed by atoms with Crippen LogP contribution in [0.5, 0.6) is 0 Å². The third kappa shape index (κ3) is 3.01. The van der Waals surface area contributed by atoms with Gasteiger partial charge >= 0.3 is 0 Å². The quantitative estimate of drug-likeness (QED) is 0.843. The Morgan fingerprint density at radius 1 is 1.05 bits per heavy atom. The summed E-state index contributed by atoms with van der Waals surface area (Å²) >= 11 is 5.64. The summed E-state index contributed by atoms with van der Waals surface area (Å²) in [5.74, 6) is -2.41. The van der Waals surface area contributed by atoms with Crippen LogP contribution in [0.1, 0.15) is 18.5 Å². The number of nitrogens with one attached hydrogen (secondary N) is 1. The second kappa shape index (κ2) is 5.53. The SMILES string of the molecule is CC(Nc1ccc(Cl)cc1F)c1cccc(F)c1F. The highest BCUT2D eigenvalue weighted by molar-refractivity contribution is 6.30. The van der Waals surface area contributed by atoms with Gasteiger partial charge in [-0.2, -0.15) is 0 Å². The monoisotopic (exact) mass is 285 g/mol. The second-order valence-corrected chi connectivity index (χ2v) is 4.57. The molecule has 0 spiro atoms. The molecule has 1 N–H and O–H groups in total. The van der Waals surface area contributed by atoms with E-state index in [2.05, 4.69) is 5.32 Å². The molecular weight excluding hydrogens is 275 g/mol. The topological polar surface area (TPSA) is 12.0 Å². The Morgan fingerprint density at radius 2 is 1.79 bits per heavy atom. The molecule has 1 nitrogen and oxygen atoms in total. The number of anilines is 1. The van der Waals surface area contributed by atoms with Gasteiger partial charge in [0, 0.05) is 10.6 Å². The zero-order chi connectivity index (χ0) is 14.0. The summed E-state index contributed by atoms with van der Waals surface area (Å²) in [4.78, 5) is 0. The Morgan fingerprint density at radius 3 is 2.47 bits per heavy atom. The summed E-state index contributed by atoms with van der Waals surface area (Å²) in [5.41, 5.74) is 0.315. The van der Waals surface area contributed by atoms with E-state index in [1.54, 1.807) is 6.92 Å². The maximum Gasteiger partial charge on any atom is 0.164 e. The summed E-state index contributed by atoms with van der Waals surface area (Å²) in [5, 5.41) is 3.05. The van der Waals surface area contributed by atoms with Crippen molar-refractivity contribution < 1.29 is 13.2 Å². The zero-order valence-corrected chi connectivity index (χ0v) is 10.8. The number of hydrogen-bond donors (Lipinski definition) is 1. The number of benzene rings is 2. The van der Waals surface area contributed by atoms with Crippen LogP contribution < -0.4 is 5.32 Å². The molecule has 1 unspecified atom stereocenters. The van der Waals surface area contributed by atoms with Gasteiger partial charge in [0.1, 0.15) is 5.82 Å². The fraction of sp³-hybridized carbons (Fsp3) is 0.143. The van der Waals surface area contributed by atoms with Gasteiger partial charge in [0.15, 0.2) is 11.6 Å². The van der Waals surface area contributed by atoms with Gasteiger partial charge in [0.05, 0.1) is 11.7 Å². The Bertz CT molecular complexity index is 601. The minimum atomic E-state index is -0.933. The first-order valence-electron chi connectivity index (χ1n) is 5.64. The molecule has 0 saturated heterocycles. The molecule has 2 aromatic carbocycles. The zero-order valence-electron chi connectivity index (χ0n) is 10.1. The molecule has 0 aliphatic carbocycles. The van der Waals surface area contributed by atoms with E-state index in [1.807, 2.05) is 0 Å². The van der Waals surface area contributed by atoms with Crippen LogP contribution in [0.2, 0.25) is 5.02 Å². The highest BCUT2D eigenvalue weighted by atomic mass is 35.5. The van der Waals surface area contributed by atoms with Crippen LogP contribution in [-0.2, 0) is 0 Å². The van der Waals surface area contributed by atoms with Crippen molar-refractivity contribution in [3.63, 3.8) is 0 Å². The molecule has 0 aromatic heterocycles. The summed E-state index contributed by atoms with van der Waals surface area (Å²) in [6, 6.07) is 7.43. The van der Waals surface area contributed by atoms with Crippen molar-refractivity contribution >= 4 is 17.3 Å². The molecule has 0 heterocycles. The molecular formula is C14H11ClF3N. The summed E-state index contributed by atoms with van der Waals surface area (Å²) in [6.45, 7) is 1.62. The van der Waals surface area contributed by atoms with E-state index >= 15 is 0 Å². The third-order valence-electron chi connectivity index (χ3n) is 2.75. The van der Waals surface area contributed by atoms with Crippen LogP contribution in [-0.4, -0.2) is 0 Å². The van der Waals surface area contributed by atoms with Gasteiger partial charge in [0.25, 0.3) is 0 Å². The minimum Gasteiger partial charge on any atom is -0.376 e. The number of rotatable bonds is 3. The largest absolute Gasteiger partial charge is 0.376 e. The summed E-state index contributed by atoms with van der Waals surface area (Å²) in [7, 11) is 0. The maximum atomic E-state index is 13.6. The normalized spacial score (nSPS) is 12.3. The second-order valence-electron chi connectivity index (χ2n) is 4.13. The van der Waals surface area contributed by atoms with E-state index in [1.165, 1.54) is 24.3 Å². The molecule has 2 rings (SSSR count). The van der Waals surface area contributed by atoms with E-state index < -0.39 is 23.5 Å². The lowest BCUT2D eigenvalue weighted by molar-refractivity contribution is 0.494. The smallest absolute Gasteiger partial charge is 0.164 e. The van der Waals surface area contributed by atoms with E-state index in [0.29, 0.717) is 0 Å². The van der Waals surface area contributed by atoms with Gasteiger partial charge in [-0.3, -0.25) is 0 Å². The van der Waals surface area contributed by atoms with Crippen molar-refractivity contribution in [2.24, 2.45) is 0 Å². The van der Waals surface area contributed by atoms with Crippen LogP contribution in [0, 0.1) is 17.5 Å². The van der Waals surface area contributed by atoms with Crippen molar-refractivity contribution in [1.29, 1.82) is 0 Å². The Hall–Kier alpha value is -1.68. The molecule has 2 aromatic rings. The third-order valence-corrected chi connectivity index (χ3v) is 2.99. The van der Waals surface area contributed by atoms with E-state index in [4.69, 9.17) is 11.6 Å². The fourth-order valence-electron chi connectivity index (χ4n) is 1.77. The van der Waals surface area contributed by atoms with E-state index in [-0.39, 0.29) is 16.3 Å². The summed E-state index contributed by atoms with van der Waals surface area (Å²) < 4.78 is 40.3. The van der Waals surface area contributed by atoms with Crippen molar-refractivity contribution in [2.75, 3.05) is 5.32 Å². The van der Waals surface area contributed by atoms with E-state index in [9.17, 15) is 13.2 Å². The molecule has 5 heteroatoms. The first-order valence-corrected chi connectivity index (χ1v) is 6.02. The first kappa shape index (κ1) is 13.7. The number of hydrogen-bond acceptors (Lipinski definition) is 1. The molecule has 0 bridgehead atoms. The molecule has 0 fully saturated rings. The fourth-order valence-corrected chi connectivity index (χ4v) is 1.93. The highest BCUT2D eigenvalue weighted by Gasteiger charge is 2.15. The molecule has 1 atom stereocenters. The standard InChI is InChI=1S/C14H11ClF3N/c1-8(10-3-2-4-11(16)14(10)18)19-13-6-5-9(15)7-12(13)17/h2-8,19H,1H3. The van der Waals surface area contributed by atoms with Gasteiger partial charge in [-0.05, 0) is 31.2 Å². The molecule has 0 aliphatic rings.